The van der Waals surface area contributed by atoms with Crippen LogP contribution < -0.4 is 14.8 Å². The molecule has 4 rings (SSSR count). The molecular weight excluding hydrogens is 385 g/mol. The summed E-state index contributed by atoms with van der Waals surface area (Å²) in [6.45, 7) is 3.94. The molecule has 0 bridgehead atoms. The van der Waals surface area contributed by atoms with Crippen LogP contribution >= 0.6 is 24.8 Å². The van der Waals surface area contributed by atoms with Crippen LogP contribution in [-0.4, -0.2) is 37.4 Å². The molecule has 0 radical (unpaired) electrons. The minimum Gasteiger partial charge on any atom is -0.395 e. The summed E-state index contributed by atoms with van der Waals surface area (Å²) < 4.78 is 35.8. The Morgan fingerprint density at radius 1 is 1.00 bits per heavy atom. The third-order valence-electron chi connectivity index (χ3n) is 5.41. The van der Waals surface area contributed by atoms with Crippen molar-refractivity contribution < 1.29 is 18.3 Å². The standard InChI is InChI=1S/C18H24F2N2O2.2ClH/c19-18(20)23-15-7-6-14(12-16(15)24-18)17(13-4-2-1-3-5-13)22-10-8-21-9-11-22;;/h6-7,12-13,17,21H,1-5,8-11H2;2*1H/t17-;;/m0../s1. The van der Waals surface area contributed by atoms with Crippen LogP contribution in [0.3, 0.4) is 0 Å². The maximum absolute atomic E-state index is 13.3. The molecule has 0 unspecified atom stereocenters. The monoisotopic (exact) mass is 410 g/mol. The zero-order valence-corrected chi connectivity index (χ0v) is 16.2. The second kappa shape index (κ2) is 8.91. The molecule has 2 aliphatic heterocycles. The van der Waals surface area contributed by atoms with Crippen molar-refractivity contribution in [2.45, 2.75) is 44.4 Å². The van der Waals surface area contributed by atoms with Crippen molar-refractivity contribution in [1.82, 2.24) is 10.2 Å². The Morgan fingerprint density at radius 3 is 2.35 bits per heavy atom. The molecule has 0 aromatic heterocycles. The largest absolute Gasteiger partial charge is 0.586 e. The number of nitrogens with one attached hydrogen (secondary N) is 1. The number of nitrogens with zero attached hydrogens (tertiary/aromatic N) is 1. The highest BCUT2D eigenvalue weighted by Crippen LogP contribution is 2.45. The first-order valence-electron chi connectivity index (χ1n) is 8.97. The van der Waals surface area contributed by atoms with Crippen LogP contribution in [-0.2, 0) is 0 Å². The van der Waals surface area contributed by atoms with Crippen molar-refractivity contribution in [2.75, 3.05) is 26.2 Å². The summed E-state index contributed by atoms with van der Waals surface area (Å²) in [4.78, 5) is 2.50. The number of ether oxygens (including phenoxy) is 2. The van der Waals surface area contributed by atoms with Gasteiger partial charge >= 0.3 is 6.29 Å². The Morgan fingerprint density at radius 2 is 1.65 bits per heavy atom. The fourth-order valence-corrected chi connectivity index (χ4v) is 4.34. The van der Waals surface area contributed by atoms with Crippen molar-refractivity contribution in [1.29, 1.82) is 0 Å². The molecule has 26 heavy (non-hydrogen) atoms. The highest BCUT2D eigenvalue weighted by molar-refractivity contribution is 5.85. The van der Waals surface area contributed by atoms with Crippen LogP contribution in [0.1, 0.15) is 43.7 Å². The number of piperazine rings is 1. The SMILES string of the molecule is Cl.Cl.FC1(F)Oc2ccc([C@H](C3CCCCC3)N3CCNCC3)cc2O1. The Labute approximate surface area is 165 Å². The minimum atomic E-state index is -3.55. The van der Waals surface area contributed by atoms with Crippen molar-refractivity contribution in [3.05, 3.63) is 23.8 Å². The first kappa shape index (κ1) is 21.5. The minimum absolute atomic E-state index is 0. The van der Waals surface area contributed by atoms with E-state index in [1.54, 1.807) is 12.1 Å². The molecule has 1 saturated carbocycles. The van der Waals surface area contributed by atoms with E-state index in [2.05, 4.69) is 19.7 Å². The van der Waals surface area contributed by atoms with Gasteiger partial charge in [-0.3, -0.25) is 4.90 Å². The number of alkyl halides is 2. The van der Waals surface area contributed by atoms with Gasteiger partial charge in [-0.25, -0.2) is 0 Å². The van der Waals surface area contributed by atoms with E-state index in [4.69, 9.17) is 0 Å². The van der Waals surface area contributed by atoms with Gasteiger partial charge in [0, 0.05) is 32.2 Å². The second-order valence-corrected chi connectivity index (χ2v) is 7.00. The Bertz CT molecular complexity index is 577. The molecule has 2 fully saturated rings. The van der Waals surface area contributed by atoms with Gasteiger partial charge < -0.3 is 14.8 Å². The number of hydrogen-bond acceptors (Lipinski definition) is 4. The van der Waals surface area contributed by atoms with Gasteiger partial charge in [0.1, 0.15) is 0 Å². The van der Waals surface area contributed by atoms with E-state index in [-0.39, 0.29) is 42.4 Å². The first-order valence-corrected chi connectivity index (χ1v) is 8.97. The molecule has 8 heteroatoms. The van der Waals surface area contributed by atoms with Gasteiger partial charge in [0.05, 0.1) is 0 Å². The van der Waals surface area contributed by atoms with Gasteiger partial charge in [-0.1, -0.05) is 25.3 Å². The fourth-order valence-electron chi connectivity index (χ4n) is 4.34. The van der Waals surface area contributed by atoms with E-state index in [0.717, 1.165) is 31.7 Å². The summed E-state index contributed by atoms with van der Waals surface area (Å²) >= 11 is 0. The molecular formula is C18H26Cl2F2N2O2. The van der Waals surface area contributed by atoms with E-state index in [1.165, 1.54) is 32.1 Å². The molecule has 1 aliphatic carbocycles. The van der Waals surface area contributed by atoms with Crippen LogP contribution in [0.15, 0.2) is 18.2 Å². The van der Waals surface area contributed by atoms with Gasteiger partial charge in [0.2, 0.25) is 0 Å². The molecule has 0 amide bonds. The smallest absolute Gasteiger partial charge is 0.395 e. The Kier molecular flexibility index (Phi) is 7.36. The van der Waals surface area contributed by atoms with Crippen LogP contribution in [0.5, 0.6) is 11.5 Å². The van der Waals surface area contributed by atoms with Gasteiger partial charge in [-0.05, 0) is 36.5 Å². The molecule has 0 spiro atoms. The fraction of sp³-hybridized carbons (Fsp3) is 0.667. The normalized spacial score (nSPS) is 23.6. The Hall–Kier alpha value is -0.820. The molecule has 4 nitrogen and oxygen atoms in total. The lowest BCUT2D eigenvalue weighted by atomic mass is 9.80. The van der Waals surface area contributed by atoms with Crippen LogP contribution in [0, 0.1) is 5.92 Å². The third-order valence-corrected chi connectivity index (χ3v) is 5.41. The molecule has 1 atom stereocenters. The summed E-state index contributed by atoms with van der Waals surface area (Å²) in [5.74, 6) is 0.873. The third kappa shape index (κ3) is 4.53. The first-order chi connectivity index (χ1) is 11.6. The molecule has 3 aliphatic rings. The number of halogens is 4. The van der Waals surface area contributed by atoms with E-state index in [9.17, 15) is 8.78 Å². The summed E-state index contributed by atoms with van der Waals surface area (Å²) in [7, 11) is 0. The van der Waals surface area contributed by atoms with Crippen molar-refractivity contribution >= 4 is 24.8 Å². The average molecular weight is 411 g/mol. The summed E-state index contributed by atoms with van der Waals surface area (Å²) in [6, 6.07) is 5.60. The highest BCUT2D eigenvalue weighted by Gasteiger charge is 2.44. The zero-order valence-electron chi connectivity index (χ0n) is 14.6. The number of rotatable bonds is 3. The van der Waals surface area contributed by atoms with Crippen molar-refractivity contribution in [3.8, 4) is 11.5 Å². The predicted octanol–water partition coefficient (Wildman–Crippen LogP) is 4.38. The van der Waals surface area contributed by atoms with E-state index in [0.29, 0.717) is 5.92 Å². The van der Waals surface area contributed by atoms with Gasteiger partial charge in [-0.2, -0.15) is 0 Å². The summed E-state index contributed by atoms with van der Waals surface area (Å²) in [5, 5.41) is 3.39. The van der Waals surface area contributed by atoms with Crippen molar-refractivity contribution in [2.24, 2.45) is 5.92 Å². The number of fused-ring (bicyclic) bond motifs is 1. The number of benzene rings is 1. The van der Waals surface area contributed by atoms with Crippen molar-refractivity contribution in [3.63, 3.8) is 0 Å². The van der Waals surface area contributed by atoms with Crippen LogP contribution in [0.4, 0.5) is 8.78 Å². The maximum Gasteiger partial charge on any atom is 0.586 e. The van der Waals surface area contributed by atoms with Crippen LogP contribution in [0.25, 0.3) is 0 Å². The topological polar surface area (TPSA) is 33.7 Å². The predicted molar refractivity (Wildman–Crippen MR) is 101 cm³/mol. The van der Waals surface area contributed by atoms with Gasteiger partial charge in [0.15, 0.2) is 11.5 Å². The molecule has 148 valence electrons. The lowest BCUT2D eigenvalue weighted by Crippen LogP contribution is -2.47. The summed E-state index contributed by atoms with van der Waals surface area (Å²) in [6.07, 6.45) is 2.69. The van der Waals surface area contributed by atoms with E-state index < -0.39 is 6.29 Å². The maximum atomic E-state index is 13.3. The Balaban J connectivity index is 0.00000121. The van der Waals surface area contributed by atoms with Gasteiger partial charge in [0.25, 0.3) is 0 Å². The highest BCUT2D eigenvalue weighted by atomic mass is 35.5. The van der Waals surface area contributed by atoms with Gasteiger partial charge in [-0.15, -0.1) is 33.6 Å². The molecule has 2 heterocycles. The quantitative estimate of drug-likeness (QED) is 0.801. The molecule has 1 aromatic rings. The molecule has 1 N–H and O–H groups in total. The average Bonchev–Trinajstić information content (AvgIpc) is 2.90. The lowest BCUT2D eigenvalue weighted by molar-refractivity contribution is -0.286. The van der Waals surface area contributed by atoms with Crippen LogP contribution in [0.2, 0.25) is 0 Å². The molecule has 1 saturated heterocycles. The zero-order chi connectivity index (χ0) is 16.6. The second-order valence-electron chi connectivity index (χ2n) is 7.00. The van der Waals surface area contributed by atoms with E-state index in [1.807, 2.05) is 6.07 Å². The van der Waals surface area contributed by atoms with E-state index >= 15 is 0 Å². The lowest BCUT2D eigenvalue weighted by Gasteiger charge is -2.41. The number of hydrogen-bond donors (Lipinski definition) is 1. The summed E-state index contributed by atoms with van der Waals surface area (Å²) in [5.41, 5.74) is 1.07. The molecule has 1 aromatic carbocycles.